The van der Waals surface area contributed by atoms with E-state index in [1.54, 1.807) is 24.3 Å². The number of imide groups is 1. The molecular formula is C15H16BrNO3. The predicted molar refractivity (Wildman–Crippen MR) is 77.9 cm³/mol. The normalized spacial score (nSPS) is 30.3. The monoisotopic (exact) mass is 337 g/mol. The van der Waals surface area contributed by atoms with E-state index in [0.29, 0.717) is 17.5 Å². The maximum atomic E-state index is 12.5. The van der Waals surface area contributed by atoms with E-state index in [1.165, 1.54) is 4.90 Å². The SMILES string of the molecule is O=C1c2ccccc2C(=O)N1C1CCCCC(O)C1Br. The molecule has 3 unspecified atom stereocenters. The van der Waals surface area contributed by atoms with Gasteiger partial charge in [0.05, 0.1) is 28.1 Å². The Bertz CT molecular complexity index is 525. The van der Waals surface area contributed by atoms with Gasteiger partial charge in [-0.05, 0) is 25.0 Å². The Kier molecular flexibility index (Phi) is 3.65. The van der Waals surface area contributed by atoms with Gasteiger partial charge in [0, 0.05) is 0 Å². The highest BCUT2D eigenvalue weighted by Gasteiger charge is 2.43. The van der Waals surface area contributed by atoms with Crippen molar-refractivity contribution in [2.45, 2.75) is 42.7 Å². The van der Waals surface area contributed by atoms with Gasteiger partial charge in [-0.3, -0.25) is 14.5 Å². The first-order valence-electron chi connectivity index (χ1n) is 6.90. The van der Waals surface area contributed by atoms with Crippen molar-refractivity contribution >= 4 is 27.7 Å². The number of rotatable bonds is 1. The van der Waals surface area contributed by atoms with Crippen LogP contribution in [0.2, 0.25) is 0 Å². The van der Waals surface area contributed by atoms with Gasteiger partial charge in [-0.2, -0.15) is 0 Å². The molecule has 1 saturated carbocycles. The first-order valence-corrected chi connectivity index (χ1v) is 7.82. The van der Waals surface area contributed by atoms with Crippen LogP contribution in [-0.2, 0) is 0 Å². The van der Waals surface area contributed by atoms with Gasteiger partial charge in [0.15, 0.2) is 0 Å². The number of nitrogens with zero attached hydrogens (tertiary/aromatic N) is 1. The largest absolute Gasteiger partial charge is 0.392 e. The van der Waals surface area contributed by atoms with E-state index in [2.05, 4.69) is 15.9 Å². The molecular weight excluding hydrogens is 322 g/mol. The van der Waals surface area contributed by atoms with E-state index in [9.17, 15) is 14.7 Å². The highest BCUT2D eigenvalue weighted by atomic mass is 79.9. The Morgan fingerprint density at radius 3 is 2.20 bits per heavy atom. The van der Waals surface area contributed by atoms with E-state index in [-0.39, 0.29) is 22.7 Å². The molecule has 0 aromatic heterocycles. The summed E-state index contributed by atoms with van der Waals surface area (Å²) in [5, 5.41) is 10.1. The minimum absolute atomic E-state index is 0.242. The van der Waals surface area contributed by atoms with Crippen LogP contribution in [0.5, 0.6) is 0 Å². The summed E-state index contributed by atoms with van der Waals surface area (Å²) in [7, 11) is 0. The molecule has 2 amide bonds. The van der Waals surface area contributed by atoms with Crippen LogP contribution < -0.4 is 0 Å². The molecule has 0 radical (unpaired) electrons. The third-order valence-electron chi connectivity index (χ3n) is 4.14. The lowest BCUT2D eigenvalue weighted by Crippen LogP contribution is -2.47. The van der Waals surface area contributed by atoms with Crippen LogP contribution in [-0.4, -0.2) is 38.8 Å². The lowest BCUT2D eigenvalue weighted by molar-refractivity contribution is 0.0535. The van der Waals surface area contributed by atoms with Crippen molar-refractivity contribution < 1.29 is 14.7 Å². The Balaban J connectivity index is 1.95. The average molecular weight is 338 g/mol. The summed E-state index contributed by atoms with van der Waals surface area (Å²) >= 11 is 3.48. The minimum Gasteiger partial charge on any atom is -0.392 e. The van der Waals surface area contributed by atoms with E-state index in [4.69, 9.17) is 0 Å². The summed E-state index contributed by atoms with van der Waals surface area (Å²) in [6, 6.07) is 6.62. The maximum Gasteiger partial charge on any atom is 0.261 e. The number of aliphatic hydroxyl groups is 1. The van der Waals surface area contributed by atoms with Crippen LogP contribution in [0.4, 0.5) is 0 Å². The number of aliphatic hydroxyl groups excluding tert-OH is 1. The molecule has 20 heavy (non-hydrogen) atoms. The number of benzene rings is 1. The number of hydrogen-bond acceptors (Lipinski definition) is 3. The topological polar surface area (TPSA) is 57.6 Å². The highest BCUT2D eigenvalue weighted by molar-refractivity contribution is 9.09. The van der Waals surface area contributed by atoms with Crippen molar-refractivity contribution in [1.82, 2.24) is 4.90 Å². The van der Waals surface area contributed by atoms with Gasteiger partial charge in [0.1, 0.15) is 0 Å². The lowest BCUT2D eigenvalue weighted by Gasteiger charge is -2.30. The van der Waals surface area contributed by atoms with E-state index in [1.807, 2.05) is 0 Å². The molecule has 1 N–H and O–H groups in total. The molecule has 0 saturated heterocycles. The Morgan fingerprint density at radius 1 is 1.05 bits per heavy atom. The molecule has 3 rings (SSSR count). The summed E-state index contributed by atoms with van der Waals surface area (Å²) in [4.78, 5) is 26.0. The van der Waals surface area contributed by atoms with Gasteiger partial charge in [-0.15, -0.1) is 0 Å². The summed E-state index contributed by atoms with van der Waals surface area (Å²) in [6.07, 6.45) is 2.75. The van der Waals surface area contributed by atoms with Crippen LogP contribution in [0.1, 0.15) is 46.4 Å². The molecule has 1 aliphatic carbocycles. The van der Waals surface area contributed by atoms with E-state index < -0.39 is 6.10 Å². The zero-order valence-electron chi connectivity index (χ0n) is 11.0. The zero-order chi connectivity index (χ0) is 14.3. The molecule has 4 nitrogen and oxygen atoms in total. The predicted octanol–water partition coefficient (Wildman–Crippen LogP) is 2.35. The molecule has 106 valence electrons. The first kappa shape index (κ1) is 13.8. The molecule has 5 heteroatoms. The number of amides is 2. The fourth-order valence-electron chi connectivity index (χ4n) is 3.06. The smallest absolute Gasteiger partial charge is 0.261 e. The molecule has 1 aliphatic heterocycles. The van der Waals surface area contributed by atoms with Crippen LogP contribution in [0.25, 0.3) is 0 Å². The maximum absolute atomic E-state index is 12.5. The molecule has 0 spiro atoms. The van der Waals surface area contributed by atoms with E-state index >= 15 is 0 Å². The summed E-state index contributed by atoms with van der Waals surface area (Å²) < 4.78 is 0. The number of carbonyl (C=O) groups excluding carboxylic acids is 2. The number of alkyl halides is 1. The number of halogens is 1. The van der Waals surface area contributed by atoms with Crippen LogP contribution >= 0.6 is 15.9 Å². The Labute approximate surface area is 125 Å². The van der Waals surface area contributed by atoms with Crippen LogP contribution in [0, 0.1) is 0 Å². The van der Waals surface area contributed by atoms with Crippen molar-refractivity contribution in [3.63, 3.8) is 0 Å². The van der Waals surface area contributed by atoms with Crippen molar-refractivity contribution in [2.75, 3.05) is 0 Å². The van der Waals surface area contributed by atoms with Gasteiger partial charge in [0.25, 0.3) is 11.8 Å². The van der Waals surface area contributed by atoms with Crippen molar-refractivity contribution in [3.8, 4) is 0 Å². The molecule has 1 heterocycles. The third kappa shape index (κ3) is 2.09. The van der Waals surface area contributed by atoms with Crippen molar-refractivity contribution in [3.05, 3.63) is 35.4 Å². The van der Waals surface area contributed by atoms with Crippen molar-refractivity contribution in [2.24, 2.45) is 0 Å². The average Bonchev–Trinajstić information content (AvgIpc) is 2.59. The summed E-state index contributed by atoms with van der Waals surface area (Å²) in [5.74, 6) is -0.483. The zero-order valence-corrected chi connectivity index (χ0v) is 12.5. The van der Waals surface area contributed by atoms with Crippen LogP contribution in [0.3, 0.4) is 0 Å². The second-order valence-corrected chi connectivity index (χ2v) is 6.45. The standard InChI is InChI=1S/C15H16BrNO3/c16-13-11(7-3-4-8-12(13)18)17-14(19)9-5-1-2-6-10(9)15(17)20/h1-2,5-6,11-13,18H,3-4,7-8H2. The molecule has 1 aromatic rings. The second-order valence-electron chi connectivity index (χ2n) is 5.39. The minimum atomic E-state index is -0.521. The Morgan fingerprint density at radius 2 is 1.60 bits per heavy atom. The molecule has 1 aromatic carbocycles. The third-order valence-corrected chi connectivity index (χ3v) is 5.36. The van der Waals surface area contributed by atoms with Gasteiger partial charge in [-0.1, -0.05) is 40.9 Å². The molecule has 2 aliphatic rings. The molecule has 0 bridgehead atoms. The Hall–Kier alpha value is -1.20. The number of hydrogen-bond donors (Lipinski definition) is 1. The van der Waals surface area contributed by atoms with E-state index in [0.717, 1.165) is 19.3 Å². The summed E-state index contributed by atoms with van der Waals surface area (Å²) in [5.41, 5.74) is 0.937. The molecule has 1 fully saturated rings. The van der Waals surface area contributed by atoms with Gasteiger partial charge in [-0.25, -0.2) is 0 Å². The summed E-state index contributed by atoms with van der Waals surface area (Å²) in [6.45, 7) is 0. The van der Waals surface area contributed by atoms with Gasteiger partial charge < -0.3 is 5.11 Å². The quantitative estimate of drug-likeness (QED) is 0.486. The molecule has 3 atom stereocenters. The van der Waals surface area contributed by atoms with Crippen LogP contribution in [0.15, 0.2) is 24.3 Å². The second kappa shape index (κ2) is 5.30. The van der Waals surface area contributed by atoms with Crippen molar-refractivity contribution in [1.29, 1.82) is 0 Å². The number of fused-ring (bicyclic) bond motifs is 1. The fourth-order valence-corrected chi connectivity index (χ4v) is 3.83. The fraction of sp³-hybridized carbons (Fsp3) is 0.467. The number of carbonyl (C=O) groups is 2. The highest BCUT2D eigenvalue weighted by Crippen LogP contribution is 2.33. The lowest BCUT2D eigenvalue weighted by atomic mass is 10.1. The first-order chi connectivity index (χ1) is 9.61. The van der Waals surface area contributed by atoms with Gasteiger partial charge in [0.2, 0.25) is 0 Å². The van der Waals surface area contributed by atoms with Gasteiger partial charge >= 0.3 is 0 Å².